The van der Waals surface area contributed by atoms with Crippen LogP contribution >= 0.6 is 0 Å². The minimum atomic E-state index is -0.867. The van der Waals surface area contributed by atoms with Crippen molar-refractivity contribution in [2.24, 2.45) is 0 Å². The van der Waals surface area contributed by atoms with E-state index in [1.807, 2.05) is 6.92 Å². The lowest BCUT2D eigenvalue weighted by Crippen LogP contribution is -2.52. The Labute approximate surface area is 113 Å². The number of nitrogens with one attached hydrogen (secondary N) is 1. The van der Waals surface area contributed by atoms with Gasteiger partial charge in [0.2, 0.25) is 11.8 Å². The molecular formula is C13H22N2O4. The maximum Gasteiger partial charge on any atom is 0.326 e. The molecule has 1 atom stereocenters. The zero-order chi connectivity index (χ0) is 14.5. The van der Waals surface area contributed by atoms with Gasteiger partial charge in [0, 0.05) is 19.4 Å². The highest BCUT2D eigenvalue weighted by molar-refractivity contribution is 6.01. The van der Waals surface area contributed by atoms with Crippen LogP contribution in [0.1, 0.15) is 40.0 Å². The van der Waals surface area contributed by atoms with Crippen molar-refractivity contribution in [1.82, 2.24) is 10.2 Å². The molecule has 0 aromatic heterocycles. The number of hydrogen-bond acceptors (Lipinski definition) is 5. The van der Waals surface area contributed by atoms with Gasteiger partial charge in [0.15, 0.2) is 0 Å². The third-order valence-corrected chi connectivity index (χ3v) is 3.28. The first kappa shape index (κ1) is 15.6. The van der Waals surface area contributed by atoms with Crippen LogP contribution in [-0.4, -0.2) is 47.9 Å². The molecule has 1 saturated heterocycles. The summed E-state index contributed by atoms with van der Waals surface area (Å²) in [6, 6.07) is 0. The van der Waals surface area contributed by atoms with E-state index < -0.39 is 5.54 Å². The topological polar surface area (TPSA) is 75.7 Å². The van der Waals surface area contributed by atoms with Gasteiger partial charge in [-0.3, -0.25) is 19.3 Å². The quantitative estimate of drug-likeness (QED) is 0.537. The molecule has 1 rings (SSSR count). The number of esters is 1. The van der Waals surface area contributed by atoms with E-state index in [0.717, 1.165) is 0 Å². The maximum absolute atomic E-state index is 11.9. The highest BCUT2D eigenvalue weighted by Crippen LogP contribution is 2.17. The Hall–Kier alpha value is -1.43. The van der Waals surface area contributed by atoms with Gasteiger partial charge >= 0.3 is 5.97 Å². The van der Waals surface area contributed by atoms with Crippen LogP contribution in [0.4, 0.5) is 0 Å². The molecule has 1 aliphatic heterocycles. The van der Waals surface area contributed by atoms with E-state index in [-0.39, 0.29) is 37.2 Å². The SMILES string of the molecule is CCNC(C)(CCN1C(=O)CCC1=O)C(=O)OCC. The molecule has 6 nitrogen and oxygen atoms in total. The Balaban J connectivity index is 2.65. The zero-order valence-corrected chi connectivity index (χ0v) is 11.8. The molecule has 2 amide bonds. The lowest BCUT2D eigenvalue weighted by Gasteiger charge is -2.29. The van der Waals surface area contributed by atoms with E-state index in [1.54, 1.807) is 13.8 Å². The first-order chi connectivity index (χ1) is 8.94. The van der Waals surface area contributed by atoms with Crippen molar-refractivity contribution in [2.75, 3.05) is 19.7 Å². The van der Waals surface area contributed by atoms with Gasteiger partial charge in [-0.25, -0.2) is 0 Å². The van der Waals surface area contributed by atoms with Crippen molar-refractivity contribution < 1.29 is 19.1 Å². The van der Waals surface area contributed by atoms with Crippen LogP contribution in [0.15, 0.2) is 0 Å². The predicted molar refractivity (Wildman–Crippen MR) is 69.3 cm³/mol. The summed E-state index contributed by atoms with van der Waals surface area (Å²) in [5, 5.41) is 3.07. The summed E-state index contributed by atoms with van der Waals surface area (Å²) >= 11 is 0. The highest BCUT2D eigenvalue weighted by atomic mass is 16.5. The Morgan fingerprint density at radius 3 is 2.37 bits per heavy atom. The first-order valence-electron chi connectivity index (χ1n) is 6.70. The van der Waals surface area contributed by atoms with Crippen LogP contribution in [0.2, 0.25) is 0 Å². The Kier molecular flexibility index (Phi) is 5.47. The molecule has 0 bridgehead atoms. The van der Waals surface area contributed by atoms with Crippen molar-refractivity contribution in [3.8, 4) is 0 Å². The van der Waals surface area contributed by atoms with E-state index in [0.29, 0.717) is 19.6 Å². The summed E-state index contributed by atoms with van der Waals surface area (Å²) < 4.78 is 5.04. The molecule has 0 aromatic rings. The molecule has 0 aliphatic carbocycles. The molecule has 108 valence electrons. The fraction of sp³-hybridized carbons (Fsp3) is 0.769. The number of ether oxygens (including phenoxy) is 1. The number of carbonyl (C=O) groups excluding carboxylic acids is 3. The van der Waals surface area contributed by atoms with Crippen molar-refractivity contribution in [3.63, 3.8) is 0 Å². The first-order valence-corrected chi connectivity index (χ1v) is 6.70. The van der Waals surface area contributed by atoms with Crippen molar-refractivity contribution in [2.45, 2.75) is 45.6 Å². The number of rotatable bonds is 7. The standard InChI is InChI=1S/C13H22N2O4/c1-4-14-13(3,12(18)19-5-2)8-9-15-10(16)6-7-11(15)17/h14H,4-9H2,1-3H3. The lowest BCUT2D eigenvalue weighted by molar-refractivity contribution is -0.152. The van der Waals surface area contributed by atoms with Crippen molar-refractivity contribution >= 4 is 17.8 Å². The Bertz CT molecular complexity index is 354. The van der Waals surface area contributed by atoms with E-state index in [1.165, 1.54) is 4.90 Å². The molecule has 1 unspecified atom stereocenters. The highest BCUT2D eigenvalue weighted by Gasteiger charge is 2.37. The molecule has 0 saturated carbocycles. The average molecular weight is 270 g/mol. The van der Waals surface area contributed by atoms with Crippen molar-refractivity contribution in [3.05, 3.63) is 0 Å². The van der Waals surface area contributed by atoms with Gasteiger partial charge in [0.1, 0.15) is 5.54 Å². The number of nitrogens with zero attached hydrogens (tertiary/aromatic N) is 1. The molecular weight excluding hydrogens is 248 g/mol. The van der Waals surface area contributed by atoms with Gasteiger partial charge in [-0.1, -0.05) is 6.92 Å². The molecule has 1 aliphatic rings. The summed E-state index contributed by atoms with van der Waals surface area (Å²) in [6.45, 7) is 6.54. The average Bonchev–Trinajstić information content (AvgIpc) is 2.67. The zero-order valence-electron chi connectivity index (χ0n) is 11.8. The molecule has 1 N–H and O–H groups in total. The second kappa shape index (κ2) is 6.65. The second-order valence-electron chi connectivity index (χ2n) is 4.77. The minimum absolute atomic E-state index is 0.160. The van der Waals surface area contributed by atoms with Gasteiger partial charge in [0.05, 0.1) is 6.61 Å². The third kappa shape index (κ3) is 3.76. The molecule has 19 heavy (non-hydrogen) atoms. The lowest BCUT2D eigenvalue weighted by atomic mass is 9.97. The summed E-state index contributed by atoms with van der Waals surface area (Å²) in [5.74, 6) is -0.670. The molecule has 0 aromatic carbocycles. The second-order valence-corrected chi connectivity index (χ2v) is 4.77. The number of amides is 2. The van der Waals surface area contributed by atoms with Crippen molar-refractivity contribution in [1.29, 1.82) is 0 Å². The summed E-state index contributed by atoms with van der Waals surface area (Å²) in [4.78, 5) is 36.2. The number of likely N-dealkylation sites (tertiary alicyclic amines) is 1. The number of hydrogen-bond donors (Lipinski definition) is 1. The Morgan fingerprint density at radius 1 is 1.32 bits per heavy atom. The van der Waals surface area contributed by atoms with Crippen LogP contribution in [0.5, 0.6) is 0 Å². The number of carbonyl (C=O) groups is 3. The molecule has 1 heterocycles. The normalized spacial score (nSPS) is 18.6. The van der Waals surface area contributed by atoms with Gasteiger partial charge in [-0.2, -0.15) is 0 Å². The van der Waals surface area contributed by atoms with Gasteiger partial charge < -0.3 is 10.1 Å². The van der Waals surface area contributed by atoms with Gasteiger partial charge in [0.25, 0.3) is 0 Å². The fourth-order valence-electron chi connectivity index (χ4n) is 2.15. The van der Waals surface area contributed by atoms with Gasteiger partial charge in [-0.15, -0.1) is 0 Å². The summed E-state index contributed by atoms with van der Waals surface area (Å²) in [7, 11) is 0. The molecule has 6 heteroatoms. The van der Waals surface area contributed by atoms with Crippen LogP contribution in [0.3, 0.4) is 0 Å². The smallest absolute Gasteiger partial charge is 0.326 e. The van der Waals surface area contributed by atoms with E-state index >= 15 is 0 Å². The number of likely N-dealkylation sites (N-methyl/N-ethyl adjacent to an activating group) is 1. The van der Waals surface area contributed by atoms with Crippen LogP contribution in [0, 0.1) is 0 Å². The summed E-state index contributed by atoms with van der Waals surface area (Å²) in [6.07, 6.45) is 0.906. The van der Waals surface area contributed by atoms with E-state index in [4.69, 9.17) is 4.74 Å². The minimum Gasteiger partial charge on any atom is -0.465 e. The van der Waals surface area contributed by atoms with Crippen LogP contribution < -0.4 is 5.32 Å². The molecule has 1 fully saturated rings. The monoisotopic (exact) mass is 270 g/mol. The summed E-state index contributed by atoms with van der Waals surface area (Å²) in [5.41, 5.74) is -0.867. The largest absolute Gasteiger partial charge is 0.465 e. The van der Waals surface area contributed by atoms with Gasteiger partial charge in [-0.05, 0) is 26.8 Å². The van der Waals surface area contributed by atoms with Crippen LogP contribution in [0.25, 0.3) is 0 Å². The fourth-order valence-corrected chi connectivity index (χ4v) is 2.15. The predicted octanol–water partition coefficient (Wildman–Crippen LogP) is 0.457. The Morgan fingerprint density at radius 2 is 1.89 bits per heavy atom. The van der Waals surface area contributed by atoms with Crippen LogP contribution in [-0.2, 0) is 19.1 Å². The third-order valence-electron chi connectivity index (χ3n) is 3.28. The molecule has 0 radical (unpaired) electrons. The van der Waals surface area contributed by atoms with E-state index in [2.05, 4.69) is 5.32 Å². The number of imide groups is 1. The molecule has 0 spiro atoms. The van der Waals surface area contributed by atoms with E-state index in [9.17, 15) is 14.4 Å². The maximum atomic E-state index is 11.9.